The van der Waals surface area contributed by atoms with Gasteiger partial charge >= 0.3 is 0 Å². The summed E-state index contributed by atoms with van der Waals surface area (Å²) in [6.07, 6.45) is 6.12. The van der Waals surface area contributed by atoms with E-state index in [1.807, 2.05) is 6.92 Å². The standard InChI is InChI=1S/C21H19Cl2N3O4/c1-4-7-30-21-17(23)8-14(9-18(21)29-3)12-24-26-20(28)11-19(27)25-15-6-5-13(2)16(22)10-15/h1,5-6,8-10,12H,7,11H2,2-3H3,(H,25,27)(H,26,28). The number of aryl methyl sites for hydroxylation is 1. The SMILES string of the molecule is C#CCOc1c(Cl)cc(C=NNC(=O)CC(=O)Nc2ccc(C)c(Cl)c2)cc1OC. The van der Waals surface area contributed by atoms with E-state index in [1.54, 1.807) is 30.3 Å². The molecule has 2 amide bonds. The Labute approximate surface area is 184 Å². The molecule has 0 aliphatic heterocycles. The zero-order chi connectivity index (χ0) is 22.1. The summed E-state index contributed by atoms with van der Waals surface area (Å²) in [5.74, 6) is 1.93. The van der Waals surface area contributed by atoms with Crippen LogP contribution in [0.1, 0.15) is 17.5 Å². The normalized spacial score (nSPS) is 10.4. The molecule has 0 radical (unpaired) electrons. The van der Waals surface area contributed by atoms with Crippen LogP contribution in [0.2, 0.25) is 10.0 Å². The van der Waals surface area contributed by atoms with Gasteiger partial charge in [-0.2, -0.15) is 5.10 Å². The third-order valence-electron chi connectivity index (χ3n) is 3.73. The first-order valence-electron chi connectivity index (χ1n) is 8.65. The number of hydrogen-bond donors (Lipinski definition) is 2. The van der Waals surface area contributed by atoms with Gasteiger partial charge in [0.15, 0.2) is 11.5 Å². The summed E-state index contributed by atoms with van der Waals surface area (Å²) in [6, 6.07) is 8.26. The number of terminal acetylenes is 1. The van der Waals surface area contributed by atoms with E-state index < -0.39 is 18.2 Å². The number of carbonyl (C=O) groups excluding carboxylic acids is 2. The number of rotatable bonds is 8. The molecule has 2 aromatic carbocycles. The zero-order valence-electron chi connectivity index (χ0n) is 16.3. The Morgan fingerprint density at radius 1 is 1.20 bits per heavy atom. The monoisotopic (exact) mass is 447 g/mol. The molecule has 2 N–H and O–H groups in total. The number of carbonyl (C=O) groups is 2. The largest absolute Gasteiger partial charge is 0.493 e. The number of amides is 2. The highest BCUT2D eigenvalue weighted by Gasteiger charge is 2.12. The van der Waals surface area contributed by atoms with Crippen LogP contribution in [-0.4, -0.2) is 31.7 Å². The Kier molecular flexibility index (Phi) is 8.54. The van der Waals surface area contributed by atoms with Crippen molar-refractivity contribution in [2.75, 3.05) is 19.0 Å². The van der Waals surface area contributed by atoms with E-state index in [1.165, 1.54) is 13.3 Å². The fraction of sp³-hybridized carbons (Fsp3) is 0.190. The molecule has 156 valence electrons. The number of anilines is 1. The molecule has 0 saturated heterocycles. The van der Waals surface area contributed by atoms with Crippen molar-refractivity contribution in [3.8, 4) is 23.8 Å². The van der Waals surface area contributed by atoms with Gasteiger partial charge in [-0.25, -0.2) is 5.43 Å². The highest BCUT2D eigenvalue weighted by Crippen LogP contribution is 2.35. The molecular weight excluding hydrogens is 429 g/mol. The maximum Gasteiger partial charge on any atom is 0.249 e. The fourth-order valence-electron chi connectivity index (χ4n) is 2.31. The van der Waals surface area contributed by atoms with E-state index in [9.17, 15) is 9.59 Å². The van der Waals surface area contributed by atoms with Crippen LogP contribution >= 0.6 is 23.2 Å². The second-order valence-corrected chi connectivity index (χ2v) is 6.82. The second kappa shape index (κ2) is 11.1. The number of halogens is 2. The van der Waals surface area contributed by atoms with Crippen LogP contribution in [0, 0.1) is 19.3 Å². The summed E-state index contributed by atoms with van der Waals surface area (Å²) in [7, 11) is 1.46. The lowest BCUT2D eigenvalue weighted by Gasteiger charge is -2.11. The quantitative estimate of drug-likeness (QED) is 0.278. The van der Waals surface area contributed by atoms with Gasteiger partial charge in [0.1, 0.15) is 13.0 Å². The van der Waals surface area contributed by atoms with Crippen LogP contribution in [-0.2, 0) is 9.59 Å². The van der Waals surface area contributed by atoms with Gasteiger partial charge in [-0.1, -0.05) is 35.2 Å². The molecule has 0 atom stereocenters. The number of nitrogens with one attached hydrogen (secondary N) is 2. The highest BCUT2D eigenvalue weighted by atomic mass is 35.5. The lowest BCUT2D eigenvalue weighted by Crippen LogP contribution is -2.24. The lowest BCUT2D eigenvalue weighted by atomic mass is 10.2. The van der Waals surface area contributed by atoms with Crippen LogP contribution in [0.5, 0.6) is 11.5 Å². The minimum atomic E-state index is -0.589. The summed E-state index contributed by atoms with van der Waals surface area (Å²) in [4.78, 5) is 23.9. The molecule has 0 saturated carbocycles. The number of hydrazone groups is 1. The van der Waals surface area contributed by atoms with Gasteiger partial charge in [-0.15, -0.1) is 6.42 Å². The molecule has 30 heavy (non-hydrogen) atoms. The molecule has 2 rings (SSSR count). The van der Waals surface area contributed by atoms with Crippen LogP contribution < -0.4 is 20.2 Å². The number of ether oxygens (including phenoxy) is 2. The summed E-state index contributed by atoms with van der Waals surface area (Å²) < 4.78 is 10.6. The van der Waals surface area contributed by atoms with Crippen molar-refractivity contribution < 1.29 is 19.1 Å². The molecule has 9 heteroatoms. The van der Waals surface area contributed by atoms with E-state index in [-0.39, 0.29) is 11.6 Å². The topological polar surface area (TPSA) is 89.0 Å². The van der Waals surface area contributed by atoms with Gasteiger partial charge in [0.25, 0.3) is 0 Å². The Morgan fingerprint density at radius 3 is 2.63 bits per heavy atom. The third kappa shape index (κ3) is 6.69. The van der Waals surface area contributed by atoms with Crippen LogP contribution in [0.3, 0.4) is 0 Å². The Balaban J connectivity index is 1.93. The van der Waals surface area contributed by atoms with E-state index in [2.05, 4.69) is 21.8 Å². The van der Waals surface area contributed by atoms with Gasteiger partial charge in [-0.05, 0) is 42.3 Å². The van der Waals surface area contributed by atoms with E-state index in [4.69, 9.17) is 39.1 Å². The minimum Gasteiger partial charge on any atom is -0.493 e. The molecule has 0 aromatic heterocycles. The maximum atomic E-state index is 12.0. The maximum absolute atomic E-state index is 12.0. The molecule has 0 aliphatic carbocycles. The second-order valence-electron chi connectivity index (χ2n) is 6.01. The molecule has 0 aliphatic rings. The molecule has 0 bridgehead atoms. The van der Waals surface area contributed by atoms with Crippen molar-refractivity contribution >= 4 is 46.9 Å². The smallest absolute Gasteiger partial charge is 0.249 e. The van der Waals surface area contributed by atoms with Crippen LogP contribution in [0.4, 0.5) is 5.69 Å². The predicted molar refractivity (Wildman–Crippen MR) is 118 cm³/mol. The first kappa shape index (κ1) is 23.1. The molecule has 2 aromatic rings. The number of methoxy groups -OCH3 is 1. The summed E-state index contributed by atoms with van der Waals surface area (Å²) in [5.41, 5.74) is 4.21. The minimum absolute atomic E-state index is 0.0381. The number of nitrogens with zero attached hydrogens (tertiary/aromatic N) is 1. The highest BCUT2D eigenvalue weighted by molar-refractivity contribution is 6.32. The molecule has 0 heterocycles. The van der Waals surface area contributed by atoms with E-state index in [0.29, 0.717) is 27.8 Å². The van der Waals surface area contributed by atoms with Crippen LogP contribution in [0.25, 0.3) is 0 Å². The van der Waals surface area contributed by atoms with Crippen LogP contribution in [0.15, 0.2) is 35.4 Å². The van der Waals surface area contributed by atoms with Gasteiger partial charge in [-0.3, -0.25) is 9.59 Å². The van der Waals surface area contributed by atoms with Crippen molar-refractivity contribution in [1.29, 1.82) is 0 Å². The summed E-state index contributed by atoms with van der Waals surface area (Å²) >= 11 is 12.2. The number of hydrogen-bond acceptors (Lipinski definition) is 5. The van der Waals surface area contributed by atoms with Crippen molar-refractivity contribution in [3.63, 3.8) is 0 Å². The predicted octanol–water partition coefficient (Wildman–Crippen LogP) is 3.80. The molecule has 7 nitrogen and oxygen atoms in total. The van der Waals surface area contributed by atoms with Crippen molar-refractivity contribution in [2.24, 2.45) is 5.10 Å². The molecule has 0 unspecified atom stereocenters. The van der Waals surface area contributed by atoms with Gasteiger partial charge < -0.3 is 14.8 Å². The zero-order valence-corrected chi connectivity index (χ0v) is 17.8. The summed E-state index contributed by atoms with van der Waals surface area (Å²) in [6.45, 7) is 1.89. The lowest BCUT2D eigenvalue weighted by molar-refractivity contribution is -0.126. The van der Waals surface area contributed by atoms with Gasteiger partial charge in [0.2, 0.25) is 11.8 Å². The van der Waals surface area contributed by atoms with E-state index in [0.717, 1.165) is 5.56 Å². The molecular formula is C21H19Cl2N3O4. The molecule has 0 spiro atoms. The Morgan fingerprint density at radius 2 is 1.97 bits per heavy atom. The van der Waals surface area contributed by atoms with Crippen molar-refractivity contribution in [3.05, 3.63) is 51.5 Å². The first-order chi connectivity index (χ1) is 14.3. The third-order valence-corrected chi connectivity index (χ3v) is 4.42. The van der Waals surface area contributed by atoms with Gasteiger partial charge in [0, 0.05) is 10.7 Å². The Bertz CT molecular complexity index is 1020. The average Bonchev–Trinajstić information content (AvgIpc) is 2.69. The van der Waals surface area contributed by atoms with Crippen molar-refractivity contribution in [2.45, 2.75) is 13.3 Å². The Hall–Kier alpha value is -3.21. The van der Waals surface area contributed by atoms with Gasteiger partial charge in [0.05, 0.1) is 18.3 Å². The summed E-state index contributed by atoms with van der Waals surface area (Å²) in [5, 5.41) is 7.21. The molecule has 0 fully saturated rings. The van der Waals surface area contributed by atoms with E-state index >= 15 is 0 Å². The van der Waals surface area contributed by atoms with Crippen molar-refractivity contribution in [1.82, 2.24) is 5.43 Å². The average molecular weight is 448 g/mol. The number of benzene rings is 2. The first-order valence-corrected chi connectivity index (χ1v) is 9.41. The fourth-order valence-corrected chi connectivity index (χ4v) is 2.76.